The predicted octanol–water partition coefficient (Wildman–Crippen LogP) is 3.19. The number of carbonyl (C=O) groups excluding carboxylic acids is 1. The molecular weight excluding hydrogens is 331 g/mol. The second kappa shape index (κ2) is 4.97. The van der Waals surface area contributed by atoms with Crippen molar-refractivity contribution in [3.8, 4) is 0 Å². The second-order valence-corrected chi connectivity index (χ2v) is 4.37. The normalized spacial score (nSPS) is 9.83. The summed E-state index contributed by atoms with van der Waals surface area (Å²) in [4.78, 5) is 10.2. The van der Waals surface area contributed by atoms with E-state index >= 15 is 0 Å². The lowest BCUT2D eigenvalue weighted by atomic mass is 10.1. The Morgan fingerprint density at radius 2 is 2.25 bits per heavy atom. The van der Waals surface area contributed by atoms with Crippen molar-refractivity contribution in [2.75, 3.05) is 0 Å². The number of hydrogen-bond acceptors (Lipinski definition) is 1. The Balaban J connectivity index is 2.84. The molecule has 0 fully saturated rings. The number of benzene rings is 1. The van der Waals surface area contributed by atoms with Crippen molar-refractivity contribution in [3.05, 3.63) is 31.8 Å². The van der Waals surface area contributed by atoms with Gasteiger partial charge in [0.05, 0.1) is 0 Å². The maximum Gasteiger partial charge on any atom is 0.120 e. The minimum Gasteiger partial charge on any atom is -0.303 e. The molecule has 1 nitrogen and oxygen atoms in total. The van der Waals surface area contributed by atoms with E-state index in [1.54, 1.807) is 0 Å². The van der Waals surface area contributed by atoms with E-state index in [9.17, 15) is 4.79 Å². The maximum absolute atomic E-state index is 10.2. The summed E-state index contributed by atoms with van der Waals surface area (Å²) < 4.78 is 2.31. The van der Waals surface area contributed by atoms with Gasteiger partial charge in [-0.05, 0) is 56.6 Å². The van der Waals surface area contributed by atoms with E-state index in [1.165, 1.54) is 9.13 Å². The summed E-state index contributed by atoms with van der Waals surface area (Å²) in [6, 6.07) is 6.08. The van der Waals surface area contributed by atoms with Gasteiger partial charge in [-0.1, -0.05) is 12.1 Å². The van der Waals surface area contributed by atoms with E-state index in [0.29, 0.717) is 6.42 Å². The summed E-state index contributed by atoms with van der Waals surface area (Å²) in [5.41, 5.74) is 1.20. The molecule has 0 aliphatic rings. The van der Waals surface area contributed by atoms with Crippen molar-refractivity contribution in [1.29, 1.82) is 0 Å². The molecule has 0 spiro atoms. The Bertz CT molecular complexity index is 286. The summed E-state index contributed by atoms with van der Waals surface area (Å²) in [5.74, 6) is 0. The molecule has 0 unspecified atom stereocenters. The lowest BCUT2D eigenvalue weighted by molar-refractivity contribution is -0.107. The van der Waals surface area contributed by atoms with Crippen LogP contribution in [0.4, 0.5) is 0 Å². The van der Waals surface area contributed by atoms with E-state index in [-0.39, 0.29) is 0 Å². The molecule has 0 amide bonds. The van der Waals surface area contributed by atoms with E-state index in [4.69, 9.17) is 0 Å². The minimum absolute atomic E-state index is 0.596. The molecule has 1 aromatic carbocycles. The first-order valence-electron chi connectivity index (χ1n) is 3.62. The van der Waals surface area contributed by atoms with Gasteiger partial charge >= 0.3 is 0 Å². The Morgan fingerprint density at radius 1 is 1.50 bits per heavy atom. The standard InChI is InChI=1S/C9H8BrIO/c10-9-7(4-2-6-12)3-1-5-8(9)11/h1,3,5-6H,2,4H2. The highest BCUT2D eigenvalue weighted by Crippen LogP contribution is 2.23. The minimum atomic E-state index is 0.596. The maximum atomic E-state index is 10.2. The Kier molecular flexibility index (Phi) is 4.21. The fourth-order valence-corrected chi connectivity index (χ4v) is 1.97. The van der Waals surface area contributed by atoms with E-state index in [0.717, 1.165) is 17.2 Å². The van der Waals surface area contributed by atoms with E-state index in [2.05, 4.69) is 38.5 Å². The number of rotatable bonds is 3. The summed E-state index contributed by atoms with van der Waals surface area (Å²) in [6.07, 6.45) is 2.37. The molecule has 1 aromatic rings. The zero-order valence-corrected chi connectivity index (χ0v) is 10.1. The first-order valence-corrected chi connectivity index (χ1v) is 5.49. The second-order valence-electron chi connectivity index (χ2n) is 2.42. The number of carbonyl (C=O) groups is 1. The quantitative estimate of drug-likeness (QED) is 0.611. The topological polar surface area (TPSA) is 17.1 Å². The highest BCUT2D eigenvalue weighted by molar-refractivity contribution is 14.1. The first kappa shape index (κ1) is 10.2. The monoisotopic (exact) mass is 338 g/mol. The zero-order chi connectivity index (χ0) is 8.97. The van der Waals surface area contributed by atoms with E-state index in [1.807, 2.05) is 18.2 Å². The van der Waals surface area contributed by atoms with Gasteiger partial charge in [-0.15, -0.1) is 0 Å². The molecule has 12 heavy (non-hydrogen) atoms. The van der Waals surface area contributed by atoms with Crippen molar-refractivity contribution < 1.29 is 4.79 Å². The molecule has 0 saturated heterocycles. The molecule has 64 valence electrons. The average Bonchev–Trinajstić information content (AvgIpc) is 2.08. The summed E-state index contributed by atoms with van der Waals surface area (Å²) >= 11 is 5.75. The third-order valence-corrected chi connectivity index (χ3v) is 4.14. The van der Waals surface area contributed by atoms with Crippen molar-refractivity contribution in [2.24, 2.45) is 0 Å². The Morgan fingerprint density at radius 3 is 2.92 bits per heavy atom. The van der Waals surface area contributed by atoms with Gasteiger partial charge in [-0.25, -0.2) is 0 Å². The van der Waals surface area contributed by atoms with Crippen molar-refractivity contribution in [2.45, 2.75) is 12.8 Å². The first-order chi connectivity index (χ1) is 5.75. The van der Waals surface area contributed by atoms with Crippen LogP contribution >= 0.6 is 38.5 Å². The van der Waals surface area contributed by atoms with Crippen LogP contribution in [0.2, 0.25) is 0 Å². The van der Waals surface area contributed by atoms with Gasteiger partial charge in [-0.2, -0.15) is 0 Å². The van der Waals surface area contributed by atoms with Crippen LogP contribution in [0.25, 0.3) is 0 Å². The van der Waals surface area contributed by atoms with E-state index < -0.39 is 0 Å². The number of halogens is 2. The lowest BCUT2D eigenvalue weighted by Crippen LogP contribution is -1.89. The Hall–Kier alpha value is 0.1000. The zero-order valence-electron chi connectivity index (χ0n) is 6.39. The lowest BCUT2D eigenvalue weighted by Gasteiger charge is -2.02. The van der Waals surface area contributed by atoms with Gasteiger partial charge in [-0.3, -0.25) is 0 Å². The highest BCUT2D eigenvalue weighted by atomic mass is 127. The number of aldehydes is 1. The molecule has 0 aliphatic carbocycles. The average molecular weight is 339 g/mol. The summed E-state index contributed by atoms with van der Waals surface area (Å²) in [6.45, 7) is 0. The molecule has 0 saturated carbocycles. The molecule has 3 heteroatoms. The van der Waals surface area contributed by atoms with Crippen LogP contribution in [0, 0.1) is 3.57 Å². The van der Waals surface area contributed by atoms with Gasteiger partial charge < -0.3 is 4.79 Å². The summed E-state index contributed by atoms with van der Waals surface area (Å²) in [7, 11) is 0. The third-order valence-electron chi connectivity index (χ3n) is 1.56. The van der Waals surface area contributed by atoms with Gasteiger partial charge in [0, 0.05) is 14.5 Å². The molecule has 0 aromatic heterocycles. The fourth-order valence-electron chi connectivity index (χ4n) is 0.956. The van der Waals surface area contributed by atoms with Gasteiger partial charge in [0.15, 0.2) is 0 Å². The van der Waals surface area contributed by atoms with Crippen molar-refractivity contribution >= 4 is 44.8 Å². The van der Waals surface area contributed by atoms with Crippen LogP contribution in [0.3, 0.4) is 0 Å². The molecule has 1 rings (SSSR count). The molecular formula is C9H8BrIO. The van der Waals surface area contributed by atoms with Crippen LogP contribution in [0.15, 0.2) is 22.7 Å². The molecule has 0 atom stereocenters. The fraction of sp³-hybridized carbons (Fsp3) is 0.222. The number of aryl methyl sites for hydroxylation is 1. The molecule has 0 heterocycles. The predicted molar refractivity (Wildman–Crippen MR) is 61.2 cm³/mol. The van der Waals surface area contributed by atoms with Crippen LogP contribution in [0.1, 0.15) is 12.0 Å². The van der Waals surface area contributed by atoms with Crippen LogP contribution in [0.5, 0.6) is 0 Å². The van der Waals surface area contributed by atoms with Crippen LogP contribution in [-0.4, -0.2) is 6.29 Å². The molecule has 0 aliphatic heterocycles. The third kappa shape index (κ3) is 2.55. The van der Waals surface area contributed by atoms with Crippen LogP contribution < -0.4 is 0 Å². The Labute approximate surface area is 93.8 Å². The molecule has 0 bridgehead atoms. The van der Waals surface area contributed by atoms with Crippen molar-refractivity contribution in [3.63, 3.8) is 0 Å². The van der Waals surface area contributed by atoms with Crippen molar-refractivity contribution in [1.82, 2.24) is 0 Å². The SMILES string of the molecule is O=CCCc1cccc(I)c1Br. The van der Waals surface area contributed by atoms with Crippen LogP contribution in [-0.2, 0) is 11.2 Å². The highest BCUT2D eigenvalue weighted by Gasteiger charge is 2.01. The molecule has 0 radical (unpaired) electrons. The number of hydrogen-bond donors (Lipinski definition) is 0. The van der Waals surface area contributed by atoms with Gasteiger partial charge in [0.1, 0.15) is 6.29 Å². The van der Waals surface area contributed by atoms with Gasteiger partial charge in [0.25, 0.3) is 0 Å². The smallest absolute Gasteiger partial charge is 0.120 e. The largest absolute Gasteiger partial charge is 0.303 e. The van der Waals surface area contributed by atoms with Gasteiger partial charge in [0.2, 0.25) is 0 Å². The molecule has 0 N–H and O–H groups in total. The summed E-state index contributed by atoms with van der Waals surface area (Å²) in [5, 5.41) is 0.